The second-order valence-corrected chi connectivity index (χ2v) is 4.62. The number of hydrogen-bond acceptors (Lipinski definition) is 7. The van der Waals surface area contributed by atoms with Crippen LogP contribution in [0.25, 0.3) is 22.2 Å². The molecule has 0 bridgehead atoms. The molecule has 4 heterocycles. The Balaban J connectivity index is 2.12. The molecule has 0 radical (unpaired) electrons. The van der Waals surface area contributed by atoms with Crippen LogP contribution in [0, 0.1) is 4.64 Å². The molecule has 0 spiro atoms. The largest absolute Gasteiger partial charge is 0.369 e. The van der Waals surface area contributed by atoms with Gasteiger partial charge in [0, 0.05) is 0 Å². The van der Waals surface area contributed by atoms with Gasteiger partial charge in [-0.2, -0.15) is 14.8 Å². The Labute approximate surface area is 120 Å². The van der Waals surface area contributed by atoms with Crippen molar-refractivity contribution in [2.75, 3.05) is 5.73 Å². The highest BCUT2D eigenvalue weighted by molar-refractivity contribution is 7.71. The van der Waals surface area contributed by atoms with Gasteiger partial charge in [0.25, 0.3) is 5.56 Å². The summed E-state index contributed by atoms with van der Waals surface area (Å²) in [6.07, 6.45) is 4.20. The number of aromatic amines is 2. The van der Waals surface area contributed by atoms with E-state index in [0.29, 0.717) is 26.8 Å². The van der Waals surface area contributed by atoms with Crippen molar-refractivity contribution >= 4 is 40.4 Å². The van der Waals surface area contributed by atoms with E-state index in [2.05, 4.69) is 30.0 Å². The molecular formula is C10H7N9OS. The van der Waals surface area contributed by atoms with E-state index in [-0.39, 0.29) is 11.5 Å². The Hall–Kier alpha value is -3.08. The van der Waals surface area contributed by atoms with Crippen LogP contribution >= 0.6 is 12.2 Å². The van der Waals surface area contributed by atoms with Crippen molar-refractivity contribution in [3.63, 3.8) is 0 Å². The molecule has 11 heteroatoms. The minimum Gasteiger partial charge on any atom is -0.369 e. The van der Waals surface area contributed by atoms with Crippen molar-refractivity contribution in [3.05, 3.63) is 33.8 Å². The number of aromatic nitrogens is 8. The zero-order valence-electron chi connectivity index (χ0n) is 10.3. The Morgan fingerprint density at radius 3 is 3.00 bits per heavy atom. The van der Waals surface area contributed by atoms with Gasteiger partial charge in [-0.25, -0.2) is 9.97 Å². The second kappa shape index (κ2) is 3.96. The molecule has 0 unspecified atom stereocenters. The Morgan fingerprint density at radius 2 is 2.14 bits per heavy atom. The average molecular weight is 301 g/mol. The van der Waals surface area contributed by atoms with E-state index in [4.69, 9.17) is 18.0 Å². The zero-order valence-corrected chi connectivity index (χ0v) is 11.1. The first-order valence-electron chi connectivity index (χ1n) is 5.80. The van der Waals surface area contributed by atoms with Crippen molar-refractivity contribution < 1.29 is 0 Å². The first kappa shape index (κ1) is 11.7. The molecule has 4 aromatic heterocycles. The molecule has 4 aromatic rings. The summed E-state index contributed by atoms with van der Waals surface area (Å²) in [6.45, 7) is 0. The number of anilines is 1. The van der Waals surface area contributed by atoms with Gasteiger partial charge in [0.2, 0.25) is 5.95 Å². The molecule has 0 atom stereocenters. The third-order valence-corrected chi connectivity index (χ3v) is 3.26. The van der Waals surface area contributed by atoms with Crippen molar-refractivity contribution in [1.82, 2.24) is 39.5 Å². The van der Waals surface area contributed by atoms with Gasteiger partial charge in [-0.1, -0.05) is 12.2 Å². The van der Waals surface area contributed by atoms with E-state index in [9.17, 15) is 4.79 Å². The van der Waals surface area contributed by atoms with Crippen molar-refractivity contribution in [2.24, 2.45) is 0 Å². The fraction of sp³-hybridized carbons (Fsp3) is 0. The summed E-state index contributed by atoms with van der Waals surface area (Å²) in [5, 5.41) is 4.50. The molecule has 0 saturated heterocycles. The van der Waals surface area contributed by atoms with Crippen LogP contribution in [0.1, 0.15) is 0 Å². The van der Waals surface area contributed by atoms with Crippen LogP contribution in [0.4, 0.5) is 5.95 Å². The third kappa shape index (κ3) is 1.57. The molecule has 0 aromatic carbocycles. The number of nitrogens with two attached hydrogens (primary N) is 1. The predicted molar refractivity (Wildman–Crippen MR) is 76.1 cm³/mol. The fourth-order valence-corrected chi connectivity index (χ4v) is 2.30. The van der Waals surface area contributed by atoms with E-state index < -0.39 is 0 Å². The van der Waals surface area contributed by atoms with Gasteiger partial charge in [-0.3, -0.25) is 4.79 Å². The van der Waals surface area contributed by atoms with Crippen LogP contribution in [0.5, 0.6) is 0 Å². The van der Waals surface area contributed by atoms with Gasteiger partial charge in [-0.05, 0) is 0 Å². The summed E-state index contributed by atoms with van der Waals surface area (Å²) in [5.41, 5.74) is 6.66. The number of nitrogens with zero attached hydrogens (tertiary/aromatic N) is 6. The lowest BCUT2D eigenvalue weighted by atomic mass is 10.4. The van der Waals surface area contributed by atoms with Crippen molar-refractivity contribution in [1.29, 1.82) is 0 Å². The number of rotatable bonds is 1. The molecule has 4 N–H and O–H groups in total. The standard InChI is InChI=1S/C10H7N9OS/c11-10-16-7-5(9(21)17-10)14-3-18(7)19-6-4(1-15-19)8(20)13-2-12-6/h1-3H,(H,12,13,20)(H3,11,16,17,21). The average Bonchev–Trinajstić information content (AvgIpc) is 3.03. The van der Waals surface area contributed by atoms with Crippen LogP contribution in [-0.4, -0.2) is 39.5 Å². The van der Waals surface area contributed by atoms with Crippen LogP contribution in [-0.2, 0) is 0 Å². The highest BCUT2D eigenvalue weighted by atomic mass is 32.1. The normalized spacial score (nSPS) is 11.4. The van der Waals surface area contributed by atoms with Gasteiger partial charge in [0.15, 0.2) is 11.3 Å². The third-order valence-electron chi connectivity index (χ3n) is 2.97. The predicted octanol–water partition coefficient (Wildman–Crippen LogP) is -0.185. The molecule has 104 valence electrons. The summed E-state index contributed by atoms with van der Waals surface area (Å²) >= 11 is 5.15. The van der Waals surface area contributed by atoms with Gasteiger partial charge in [0.1, 0.15) is 21.9 Å². The molecule has 10 nitrogen and oxygen atoms in total. The number of nitrogens with one attached hydrogen (secondary N) is 2. The van der Waals surface area contributed by atoms with Crippen molar-refractivity contribution in [2.45, 2.75) is 0 Å². The smallest absolute Gasteiger partial charge is 0.261 e. The first-order valence-corrected chi connectivity index (χ1v) is 6.21. The molecule has 0 amide bonds. The summed E-state index contributed by atoms with van der Waals surface area (Å²) in [4.78, 5) is 30.8. The van der Waals surface area contributed by atoms with Crippen molar-refractivity contribution in [3.8, 4) is 0 Å². The van der Waals surface area contributed by atoms with Gasteiger partial charge >= 0.3 is 0 Å². The van der Waals surface area contributed by atoms with E-state index in [0.717, 1.165) is 0 Å². The lowest BCUT2D eigenvalue weighted by molar-refractivity contribution is 0.602. The summed E-state index contributed by atoms with van der Waals surface area (Å²) in [6, 6.07) is 0. The molecule has 0 saturated carbocycles. The number of H-pyrrole nitrogens is 2. The van der Waals surface area contributed by atoms with Crippen LogP contribution in [0.3, 0.4) is 0 Å². The first-order chi connectivity index (χ1) is 10.1. The number of nitrogen functional groups attached to an aromatic ring is 1. The highest BCUT2D eigenvalue weighted by Crippen LogP contribution is 2.14. The Bertz CT molecular complexity index is 1100. The maximum Gasteiger partial charge on any atom is 0.261 e. The maximum atomic E-state index is 11.7. The van der Waals surface area contributed by atoms with E-state index in [1.165, 1.54) is 28.3 Å². The van der Waals surface area contributed by atoms with Crippen LogP contribution in [0.15, 0.2) is 23.6 Å². The molecule has 0 aliphatic rings. The Kier molecular flexibility index (Phi) is 2.21. The topological polar surface area (TPSA) is 136 Å². The van der Waals surface area contributed by atoms with Crippen LogP contribution in [0.2, 0.25) is 0 Å². The van der Waals surface area contributed by atoms with E-state index in [1.807, 2.05) is 0 Å². The number of fused-ring (bicyclic) bond motifs is 2. The molecule has 0 fully saturated rings. The number of imidazole rings is 1. The fourth-order valence-electron chi connectivity index (χ4n) is 2.06. The monoisotopic (exact) mass is 301 g/mol. The summed E-state index contributed by atoms with van der Waals surface area (Å²) < 4.78 is 1.89. The zero-order chi connectivity index (χ0) is 14.6. The minimum atomic E-state index is -0.277. The molecule has 4 rings (SSSR count). The number of hydrogen-bond donors (Lipinski definition) is 3. The van der Waals surface area contributed by atoms with E-state index in [1.54, 1.807) is 0 Å². The molecule has 0 aliphatic heterocycles. The quantitative estimate of drug-likeness (QED) is 0.415. The van der Waals surface area contributed by atoms with Crippen LogP contribution < -0.4 is 11.3 Å². The summed E-state index contributed by atoms with van der Waals surface area (Å²) in [5.74, 6) is 0.163. The van der Waals surface area contributed by atoms with Gasteiger partial charge < -0.3 is 15.7 Å². The maximum absolute atomic E-state index is 11.7. The Morgan fingerprint density at radius 1 is 1.29 bits per heavy atom. The van der Waals surface area contributed by atoms with Gasteiger partial charge in [0.05, 0.1) is 12.5 Å². The summed E-state index contributed by atoms with van der Waals surface area (Å²) in [7, 11) is 0. The van der Waals surface area contributed by atoms with Gasteiger partial charge in [-0.15, -0.1) is 4.79 Å². The van der Waals surface area contributed by atoms with E-state index >= 15 is 0 Å². The highest BCUT2D eigenvalue weighted by Gasteiger charge is 2.13. The molecular weight excluding hydrogens is 294 g/mol. The lowest BCUT2D eigenvalue weighted by Crippen LogP contribution is -2.13. The minimum absolute atomic E-state index is 0.163. The second-order valence-electron chi connectivity index (χ2n) is 4.22. The molecule has 21 heavy (non-hydrogen) atoms. The SMILES string of the molecule is Nc1nc2c(ncn2-n2ncc3c(=O)[nH]cnc32)c(=S)[nH]1. The molecule has 0 aliphatic carbocycles. The lowest BCUT2D eigenvalue weighted by Gasteiger charge is -2.04.